The fourth-order valence-electron chi connectivity index (χ4n) is 1.36. The Bertz CT molecular complexity index is 487. The number of aliphatic hydroxyl groups excluding tert-OH is 1. The Hall–Kier alpha value is -0.850. The van der Waals surface area contributed by atoms with Crippen LogP contribution in [0.1, 0.15) is 18.1 Å². The molecule has 0 bridgehead atoms. The van der Waals surface area contributed by atoms with Crippen LogP contribution in [0.2, 0.25) is 0 Å². The van der Waals surface area contributed by atoms with E-state index >= 15 is 0 Å². The number of thioether (sulfide) groups is 1. The van der Waals surface area contributed by atoms with E-state index in [1.165, 1.54) is 4.90 Å². The van der Waals surface area contributed by atoms with E-state index in [0.717, 1.165) is 4.47 Å². The Morgan fingerprint density at radius 3 is 2.78 bits per heavy atom. The Morgan fingerprint density at radius 1 is 1.28 bits per heavy atom. The number of aromatic nitrogens is 2. The third kappa shape index (κ3) is 4.12. The van der Waals surface area contributed by atoms with E-state index < -0.39 is 0 Å². The van der Waals surface area contributed by atoms with Crippen LogP contribution in [0.25, 0.3) is 0 Å². The van der Waals surface area contributed by atoms with Crippen LogP contribution in [0.3, 0.4) is 0 Å². The smallest absolute Gasteiger partial charge is 0.226 e. The average Bonchev–Trinajstić information content (AvgIpc) is 2.84. The summed E-state index contributed by atoms with van der Waals surface area (Å²) in [5.74, 6) is 1.97. The zero-order valence-corrected chi connectivity index (χ0v) is 12.1. The Kier molecular flexibility index (Phi) is 5.22. The normalized spacial score (nSPS) is 10.8. The van der Waals surface area contributed by atoms with E-state index in [1.54, 1.807) is 11.8 Å². The molecule has 0 aliphatic rings. The van der Waals surface area contributed by atoms with Gasteiger partial charge in [-0.3, -0.25) is 0 Å². The molecule has 0 spiro atoms. The summed E-state index contributed by atoms with van der Waals surface area (Å²) in [5.41, 5.74) is 0. The molecule has 2 rings (SSSR count). The minimum Gasteiger partial charge on any atom is -0.396 e. The standard InChI is InChI=1S/C12H13BrN2O2S/c13-9-3-5-10(6-4-9)18-8-11-14-12(17-15-11)2-1-7-16/h3-6,16H,1-2,7-8H2. The second-order valence-electron chi connectivity index (χ2n) is 3.67. The van der Waals surface area contributed by atoms with Crippen molar-refractivity contribution < 1.29 is 9.63 Å². The van der Waals surface area contributed by atoms with E-state index in [0.29, 0.717) is 30.3 Å². The number of aliphatic hydroxyl groups is 1. The first-order chi connectivity index (χ1) is 8.78. The van der Waals surface area contributed by atoms with Gasteiger partial charge in [0, 0.05) is 22.4 Å². The maximum Gasteiger partial charge on any atom is 0.226 e. The molecule has 0 saturated heterocycles. The highest BCUT2D eigenvalue weighted by atomic mass is 79.9. The third-order valence-electron chi connectivity index (χ3n) is 2.24. The fraction of sp³-hybridized carbons (Fsp3) is 0.333. The quantitative estimate of drug-likeness (QED) is 0.826. The van der Waals surface area contributed by atoms with Gasteiger partial charge in [-0.15, -0.1) is 11.8 Å². The van der Waals surface area contributed by atoms with E-state index in [-0.39, 0.29) is 6.61 Å². The molecule has 1 aromatic carbocycles. The lowest BCUT2D eigenvalue weighted by molar-refractivity contribution is 0.278. The van der Waals surface area contributed by atoms with Crippen LogP contribution in [-0.2, 0) is 12.2 Å². The zero-order valence-electron chi connectivity index (χ0n) is 9.67. The van der Waals surface area contributed by atoms with E-state index in [2.05, 4.69) is 26.1 Å². The number of hydrogen-bond donors (Lipinski definition) is 1. The molecule has 4 nitrogen and oxygen atoms in total. The second kappa shape index (κ2) is 6.92. The van der Waals surface area contributed by atoms with Gasteiger partial charge >= 0.3 is 0 Å². The Balaban J connectivity index is 1.86. The first-order valence-corrected chi connectivity index (χ1v) is 7.36. The summed E-state index contributed by atoms with van der Waals surface area (Å²) in [6.07, 6.45) is 1.29. The van der Waals surface area contributed by atoms with Crippen LogP contribution in [0.5, 0.6) is 0 Å². The van der Waals surface area contributed by atoms with Crippen molar-refractivity contribution in [1.29, 1.82) is 0 Å². The molecule has 0 amide bonds. The molecule has 6 heteroatoms. The number of halogens is 1. The minimum absolute atomic E-state index is 0.144. The van der Waals surface area contributed by atoms with Gasteiger partial charge in [0.1, 0.15) is 0 Å². The van der Waals surface area contributed by atoms with Crippen LogP contribution in [0.4, 0.5) is 0 Å². The predicted octanol–water partition coefficient (Wildman–Crippen LogP) is 3.05. The van der Waals surface area contributed by atoms with Gasteiger partial charge in [-0.2, -0.15) is 4.98 Å². The number of nitrogens with zero attached hydrogens (tertiary/aromatic N) is 2. The summed E-state index contributed by atoms with van der Waals surface area (Å²) < 4.78 is 6.15. The summed E-state index contributed by atoms with van der Waals surface area (Å²) in [7, 11) is 0. The monoisotopic (exact) mass is 328 g/mol. The lowest BCUT2D eigenvalue weighted by Crippen LogP contribution is -1.90. The molecule has 0 aliphatic carbocycles. The summed E-state index contributed by atoms with van der Waals surface area (Å²) >= 11 is 5.06. The van der Waals surface area contributed by atoms with Crippen molar-refractivity contribution in [2.45, 2.75) is 23.5 Å². The first-order valence-electron chi connectivity index (χ1n) is 5.58. The van der Waals surface area contributed by atoms with Crippen molar-refractivity contribution in [3.63, 3.8) is 0 Å². The molecule has 0 unspecified atom stereocenters. The highest BCUT2D eigenvalue weighted by Crippen LogP contribution is 2.23. The highest BCUT2D eigenvalue weighted by molar-refractivity contribution is 9.10. The molecular formula is C12H13BrN2O2S. The zero-order chi connectivity index (χ0) is 12.8. The summed E-state index contributed by atoms with van der Waals surface area (Å²) in [6, 6.07) is 8.10. The van der Waals surface area contributed by atoms with Gasteiger partial charge in [0.05, 0.1) is 5.75 Å². The van der Waals surface area contributed by atoms with Gasteiger partial charge in [-0.1, -0.05) is 21.1 Å². The topological polar surface area (TPSA) is 59.2 Å². The molecule has 2 aromatic rings. The Labute approximate surface area is 118 Å². The van der Waals surface area contributed by atoms with Crippen molar-refractivity contribution in [1.82, 2.24) is 10.1 Å². The van der Waals surface area contributed by atoms with Crippen molar-refractivity contribution in [2.24, 2.45) is 0 Å². The third-order valence-corrected chi connectivity index (χ3v) is 3.78. The molecule has 0 atom stereocenters. The second-order valence-corrected chi connectivity index (χ2v) is 5.64. The Morgan fingerprint density at radius 2 is 2.06 bits per heavy atom. The van der Waals surface area contributed by atoms with E-state index in [9.17, 15) is 0 Å². The molecule has 1 heterocycles. The molecule has 0 fully saturated rings. The lowest BCUT2D eigenvalue weighted by atomic mass is 10.3. The fourth-order valence-corrected chi connectivity index (χ4v) is 2.37. The van der Waals surface area contributed by atoms with Crippen molar-refractivity contribution in [3.8, 4) is 0 Å². The molecule has 0 radical (unpaired) electrons. The van der Waals surface area contributed by atoms with Gasteiger partial charge in [0.2, 0.25) is 5.89 Å². The van der Waals surface area contributed by atoms with E-state index in [1.807, 2.05) is 24.3 Å². The maximum absolute atomic E-state index is 8.71. The highest BCUT2D eigenvalue weighted by Gasteiger charge is 2.06. The molecule has 18 heavy (non-hydrogen) atoms. The minimum atomic E-state index is 0.144. The average molecular weight is 329 g/mol. The number of aryl methyl sites for hydroxylation is 1. The van der Waals surface area contributed by atoms with Crippen LogP contribution >= 0.6 is 27.7 Å². The number of benzene rings is 1. The molecule has 1 N–H and O–H groups in total. The van der Waals surface area contributed by atoms with Gasteiger partial charge < -0.3 is 9.63 Å². The van der Waals surface area contributed by atoms with Crippen molar-refractivity contribution in [3.05, 3.63) is 40.5 Å². The molecular weight excluding hydrogens is 316 g/mol. The first kappa shape index (κ1) is 13.6. The molecule has 96 valence electrons. The van der Waals surface area contributed by atoms with Crippen LogP contribution in [0, 0.1) is 0 Å². The molecule has 1 aromatic heterocycles. The maximum atomic E-state index is 8.71. The summed E-state index contributed by atoms with van der Waals surface area (Å²) in [6.45, 7) is 0.144. The summed E-state index contributed by atoms with van der Waals surface area (Å²) in [4.78, 5) is 5.43. The van der Waals surface area contributed by atoms with Crippen molar-refractivity contribution in [2.75, 3.05) is 6.61 Å². The van der Waals surface area contributed by atoms with Crippen molar-refractivity contribution >= 4 is 27.7 Å². The SMILES string of the molecule is OCCCc1nc(CSc2ccc(Br)cc2)no1. The predicted molar refractivity (Wildman–Crippen MR) is 73.4 cm³/mol. The van der Waals surface area contributed by atoms with Crippen LogP contribution < -0.4 is 0 Å². The molecule has 0 saturated carbocycles. The number of hydrogen-bond acceptors (Lipinski definition) is 5. The van der Waals surface area contributed by atoms with Gasteiger partial charge in [0.15, 0.2) is 5.82 Å². The number of rotatable bonds is 6. The molecule has 0 aliphatic heterocycles. The van der Waals surface area contributed by atoms with Gasteiger partial charge in [-0.05, 0) is 30.7 Å². The van der Waals surface area contributed by atoms with Crippen LogP contribution in [-0.4, -0.2) is 21.9 Å². The van der Waals surface area contributed by atoms with Gasteiger partial charge in [-0.25, -0.2) is 0 Å². The van der Waals surface area contributed by atoms with Crippen LogP contribution in [0.15, 0.2) is 38.2 Å². The van der Waals surface area contributed by atoms with E-state index in [4.69, 9.17) is 9.63 Å². The lowest BCUT2D eigenvalue weighted by Gasteiger charge is -1.97. The largest absolute Gasteiger partial charge is 0.396 e. The van der Waals surface area contributed by atoms with Gasteiger partial charge in [0.25, 0.3) is 0 Å². The summed E-state index contributed by atoms with van der Waals surface area (Å²) in [5, 5.41) is 12.6.